The summed E-state index contributed by atoms with van der Waals surface area (Å²) in [4.78, 5) is 4.23. The third-order valence-corrected chi connectivity index (χ3v) is 2.11. The molecule has 0 spiro atoms. The Kier molecular flexibility index (Phi) is 3.06. The molecule has 1 fully saturated rings. The lowest BCUT2D eigenvalue weighted by molar-refractivity contribution is 0.969. The van der Waals surface area contributed by atoms with Crippen LogP contribution in [0.1, 0.15) is 30.0 Å². The van der Waals surface area contributed by atoms with E-state index in [4.69, 9.17) is 5.73 Å². The Labute approximate surface area is 78.6 Å². The Bertz CT molecular complexity index is 241. The predicted octanol–water partition coefficient (Wildman–Crippen LogP) is 1.84. The topological polar surface area (TPSA) is 38.9 Å². The summed E-state index contributed by atoms with van der Waals surface area (Å²) in [6.45, 7) is 0.547. The van der Waals surface area contributed by atoms with Gasteiger partial charge in [0.15, 0.2) is 0 Å². The second-order valence-electron chi connectivity index (χ2n) is 3.06. The Morgan fingerprint density at radius 2 is 2.17 bits per heavy atom. The van der Waals surface area contributed by atoms with Gasteiger partial charge in [0.2, 0.25) is 0 Å². The summed E-state index contributed by atoms with van der Waals surface area (Å²) in [6.07, 6.45) is 4.63. The van der Waals surface area contributed by atoms with Crippen molar-refractivity contribution in [3.63, 3.8) is 0 Å². The summed E-state index contributed by atoms with van der Waals surface area (Å²) >= 11 is 0. The van der Waals surface area contributed by atoms with Crippen LogP contribution in [-0.4, -0.2) is 4.98 Å². The van der Waals surface area contributed by atoms with E-state index in [1.54, 1.807) is 0 Å². The van der Waals surface area contributed by atoms with E-state index in [0.29, 0.717) is 6.54 Å². The van der Waals surface area contributed by atoms with Gasteiger partial charge in [0.25, 0.3) is 0 Å². The highest BCUT2D eigenvalue weighted by atomic mass is 35.5. The minimum Gasteiger partial charge on any atom is -0.325 e. The van der Waals surface area contributed by atoms with Crippen LogP contribution in [0.15, 0.2) is 18.3 Å². The summed E-state index contributed by atoms with van der Waals surface area (Å²) in [6, 6.07) is 4.17. The molecule has 0 unspecified atom stereocenters. The molecule has 0 atom stereocenters. The van der Waals surface area contributed by atoms with E-state index >= 15 is 0 Å². The van der Waals surface area contributed by atoms with Crippen molar-refractivity contribution in [2.75, 3.05) is 0 Å². The van der Waals surface area contributed by atoms with Crippen LogP contribution >= 0.6 is 12.4 Å². The molecule has 12 heavy (non-hydrogen) atoms. The number of aromatic nitrogens is 1. The number of nitrogens with two attached hydrogens (primary N) is 1. The second kappa shape index (κ2) is 3.87. The first-order valence-corrected chi connectivity index (χ1v) is 4.05. The number of hydrogen-bond acceptors (Lipinski definition) is 2. The zero-order chi connectivity index (χ0) is 7.68. The lowest BCUT2D eigenvalue weighted by Crippen LogP contribution is -1.98. The van der Waals surface area contributed by atoms with Crippen molar-refractivity contribution >= 4 is 12.4 Å². The maximum atomic E-state index is 5.43. The molecule has 0 radical (unpaired) electrons. The normalized spacial score (nSPS) is 15.4. The van der Waals surface area contributed by atoms with Gasteiger partial charge in [0.1, 0.15) is 0 Å². The smallest absolute Gasteiger partial charge is 0.0539 e. The van der Waals surface area contributed by atoms with Crippen LogP contribution in [0, 0.1) is 0 Å². The van der Waals surface area contributed by atoms with Crippen LogP contribution in [0.25, 0.3) is 0 Å². The molecule has 0 aromatic carbocycles. The van der Waals surface area contributed by atoms with Gasteiger partial charge in [-0.3, -0.25) is 4.98 Å². The van der Waals surface area contributed by atoms with E-state index in [1.807, 2.05) is 12.3 Å². The average molecular weight is 185 g/mol. The van der Waals surface area contributed by atoms with Gasteiger partial charge < -0.3 is 5.73 Å². The quantitative estimate of drug-likeness (QED) is 0.762. The third-order valence-electron chi connectivity index (χ3n) is 2.11. The van der Waals surface area contributed by atoms with Gasteiger partial charge in [-0.05, 0) is 30.4 Å². The van der Waals surface area contributed by atoms with Crippen molar-refractivity contribution in [3.8, 4) is 0 Å². The number of rotatable bonds is 2. The minimum atomic E-state index is 0. The molecule has 2 N–H and O–H groups in total. The first-order valence-electron chi connectivity index (χ1n) is 4.05. The van der Waals surface area contributed by atoms with Crippen LogP contribution in [0.2, 0.25) is 0 Å². The zero-order valence-corrected chi connectivity index (χ0v) is 7.68. The van der Waals surface area contributed by atoms with Gasteiger partial charge >= 0.3 is 0 Å². The van der Waals surface area contributed by atoms with E-state index in [0.717, 1.165) is 11.6 Å². The van der Waals surface area contributed by atoms with Gasteiger partial charge in [0.05, 0.1) is 5.69 Å². The van der Waals surface area contributed by atoms with E-state index in [-0.39, 0.29) is 12.4 Å². The minimum absolute atomic E-state index is 0. The lowest BCUT2D eigenvalue weighted by atomic mass is 10.2. The monoisotopic (exact) mass is 184 g/mol. The molecule has 1 aromatic rings. The van der Waals surface area contributed by atoms with Crippen LogP contribution in [0.5, 0.6) is 0 Å². The van der Waals surface area contributed by atoms with E-state index in [1.165, 1.54) is 18.4 Å². The summed E-state index contributed by atoms with van der Waals surface area (Å²) < 4.78 is 0. The molecule has 1 aromatic heterocycles. The molecule has 0 bridgehead atoms. The largest absolute Gasteiger partial charge is 0.325 e. The molecule has 0 aliphatic heterocycles. The highest BCUT2D eigenvalue weighted by Gasteiger charge is 2.23. The van der Waals surface area contributed by atoms with Crippen LogP contribution in [0.4, 0.5) is 0 Å². The van der Waals surface area contributed by atoms with Crippen LogP contribution in [0.3, 0.4) is 0 Å². The Hall–Kier alpha value is -0.600. The molecule has 1 aliphatic rings. The summed E-state index contributed by atoms with van der Waals surface area (Å²) in [7, 11) is 0. The van der Waals surface area contributed by atoms with E-state index < -0.39 is 0 Å². The molecule has 0 amide bonds. The standard InChI is InChI=1S/C9H12N2.ClH/c10-5-9-4-3-8(6-11-9)7-1-2-7;/h3-4,6-7H,1-2,5,10H2;1H. The molecule has 1 aliphatic carbocycles. The average Bonchev–Trinajstić information content (AvgIpc) is 2.87. The lowest BCUT2D eigenvalue weighted by Gasteiger charge is -1.98. The second-order valence-corrected chi connectivity index (χ2v) is 3.06. The molecule has 0 saturated heterocycles. The Morgan fingerprint density at radius 1 is 1.42 bits per heavy atom. The van der Waals surface area contributed by atoms with Crippen molar-refractivity contribution in [1.82, 2.24) is 4.98 Å². The Morgan fingerprint density at radius 3 is 2.58 bits per heavy atom. The van der Waals surface area contributed by atoms with Crippen molar-refractivity contribution < 1.29 is 0 Å². The summed E-state index contributed by atoms with van der Waals surface area (Å²) in [5.74, 6) is 0.800. The molecule has 1 heterocycles. The van der Waals surface area contributed by atoms with Crippen molar-refractivity contribution in [2.24, 2.45) is 5.73 Å². The molecule has 66 valence electrons. The first-order chi connectivity index (χ1) is 5.40. The number of hydrogen-bond donors (Lipinski definition) is 1. The van der Waals surface area contributed by atoms with E-state index in [2.05, 4.69) is 11.1 Å². The van der Waals surface area contributed by atoms with Gasteiger partial charge in [-0.1, -0.05) is 6.07 Å². The van der Waals surface area contributed by atoms with Gasteiger partial charge in [0, 0.05) is 12.7 Å². The fourth-order valence-corrected chi connectivity index (χ4v) is 1.21. The van der Waals surface area contributed by atoms with Crippen LogP contribution < -0.4 is 5.73 Å². The van der Waals surface area contributed by atoms with Crippen LogP contribution in [-0.2, 0) is 6.54 Å². The number of halogens is 1. The molecule has 2 rings (SSSR count). The maximum Gasteiger partial charge on any atom is 0.0539 e. The SMILES string of the molecule is Cl.NCc1ccc(C2CC2)cn1. The fourth-order valence-electron chi connectivity index (χ4n) is 1.21. The zero-order valence-electron chi connectivity index (χ0n) is 6.86. The molecule has 2 nitrogen and oxygen atoms in total. The van der Waals surface area contributed by atoms with Gasteiger partial charge in [-0.25, -0.2) is 0 Å². The predicted molar refractivity (Wildman–Crippen MR) is 51.4 cm³/mol. The molecule has 3 heteroatoms. The molecule has 1 saturated carbocycles. The van der Waals surface area contributed by atoms with Crippen molar-refractivity contribution in [1.29, 1.82) is 0 Å². The number of nitrogens with zero attached hydrogens (tertiary/aromatic N) is 1. The highest BCUT2D eigenvalue weighted by molar-refractivity contribution is 5.85. The molecular formula is C9H13ClN2. The van der Waals surface area contributed by atoms with Crippen molar-refractivity contribution in [2.45, 2.75) is 25.3 Å². The molecular weight excluding hydrogens is 172 g/mol. The summed E-state index contributed by atoms with van der Waals surface area (Å²) in [5, 5.41) is 0. The number of pyridine rings is 1. The maximum absolute atomic E-state index is 5.43. The first kappa shape index (κ1) is 9.49. The third kappa shape index (κ3) is 1.96. The van der Waals surface area contributed by atoms with Gasteiger partial charge in [-0.2, -0.15) is 0 Å². The summed E-state index contributed by atoms with van der Waals surface area (Å²) in [5.41, 5.74) is 7.79. The van der Waals surface area contributed by atoms with Gasteiger partial charge in [-0.15, -0.1) is 12.4 Å². The fraction of sp³-hybridized carbons (Fsp3) is 0.444. The highest BCUT2D eigenvalue weighted by Crippen LogP contribution is 2.39. The van der Waals surface area contributed by atoms with E-state index in [9.17, 15) is 0 Å². The van der Waals surface area contributed by atoms with Crippen molar-refractivity contribution in [3.05, 3.63) is 29.6 Å². The Balaban J connectivity index is 0.000000720.